The van der Waals surface area contributed by atoms with E-state index in [2.05, 4.69) is 25.1 Å². The van der Waals surface area contributed by atoms with Crippen molar-refractivity contribution in [3.8, 4) is 0 Å². The van der Waals surface area contributed by atoms with Crippen LogP contribution in [0.15, 0.2) is 42.0 Å². The summed E-state index contributed by atoms with van der Waals surface area (Å²) >= 11 is 0. The first-order chi connectivity index (χ1) is 7.72. The van der Waals surface area contributed by atoms with Crippen LogP contribution in [0.4, 0.5) is 0 Å². The maximum Gasteiger partial charge on any atom is 0.302 e. The molecule has 0 radical (unpaired) electrons. The summed E-state index contributed by atoms with van der Waals surface area (Å²) in [7, 11) is 0. The summed E-state index contributed by atoms with van der Waals surface area (Å²) in [6, 6.07) is 10.2. The fourth-order valence-corrected chi connectivity index (χ4v) is 1.52. The van der Waals surface area contributed by atoms with E-state index >= 15 is 0 Å². The molecule has 0 N–H and O–H groups in total. The summed E-state index contributed by atoms with van der Waals surface area (Å²) < 4.78 is 5.02. The quantitative estimate of drug-likeness (QED) is 0.560. The molecule has 0 aliphatic carbocycles. The fraction of sp³-hybridized carbons (Fsp3) is 0.357. The highest BCUT2D eigenvalue weighted by atomic mass is 16.5. The van der Waals surface area contributed by atoms with Crippen LogP contribution in [0.5, 0.6) is 0 Å². The van der Waals surface area contributed by atoms with Crippen molar-refractivity contribution in [2.75, 3.05) is 6.61 Å². The van der Waals surface area contributed by atoms with Crippen LogP contribution in [0.3, 0.4) is 0 Å². The Morgan fingerprint density at radius 3 is 2.56 bits per heavy atom. The molecular formula is C14H18O2. The minimum absolute atomic E-state index is 0.227. The zero-order chi connectivity index (χ0) is 11.8. The van der Waals surface area contributed by atoms with Gasteiger partial charge in [-0.1, -0.05) is 43.3 Å². The third-order valence-corrected chi connectivity index (χ3v) is 2.23. The molecule has 0 unspecified atom stereocenters. The topological polar surface area (TPSA) is 26.3 Å². The monoisotopic (exact) mass is 218 g/mol. The molecule has 0 amide bonds. The molecule has 0 saturated carbocycles. The Labute approximate surface area is 96.9 Å². The van der Waals surface area contributed by atoms with Gasteiger partial charge in [0.25, 0.3) is 0 Å². The van der Waals surface area contributed by atoms with Gasteiger partial charge in [0, 0.05) is 6.92 Å². The zero-order valence-electron chi connectivity index (χ0n) is 9.90. The lowest BCUT2D eigenvalue weighted by Crippen LogP contribution is -2.05. The Morgan fingerprint density at radius 1 is 1.31 bits per heavy atom. The smallest absolute Gasteiger partial charge is 0.302 e. The predicted molar refractivity (Wildman–Crippen MR) is 65.2 cm³/mol. The molecule has 1 aromatic rings. The molecule has 2 heteroatoms. The lowest BCUT2D eigenvalue weighted by atomic mass is 10.1. The molecule has 86 valence electrons. The number of rotatable bonds is 5. The zero-order valence-corrected chi connectivity index (χ0v) is 9.90. The van der Waals surface area contributed by atoms with Crippen molar-refractivity contribution in [3.05, 3.63) is 47.5 Å². The van der Waals surface area contributed by atoms with Crippen LogP contribution in [0.25, 0.3) is 0 Å². The maximum absolute atomic E-state index is 10.8. The van der Waals surface area contributed by atoms with Gasteiger partial charge >= 0.3 is 5.97 Å². The van der Waals surface area contributed by atoms with Crippen LogP contribution < -0.4 is 0 Å². The second kappa shape index (κ2) is 6.83. The minimum atomic E-state index is -0.227. The van der Waals surface area contributed by atoms with Crippen molar-refractivity contribution in [1.29, 1.82) is 0 Å². The van der Waals surface area contributed by atoms with Crippen molar-refractivity contribution in [2.45, 2.75) is 26.7 Å². The van der Waals surface area contributed by atoms with Gasteiger partial charge in [-0.2, -0.15) is 0 Å². The maximum atomic E-state index is 10.8. The van der Waals surface area contributed by atoms with Gasteiger partial charge in [-0.3, -0.25) is 4.79 Å². The second-order valence-electron chi connectivity index (χ2n) is 3.71. The van der Waals surface area contributed by atoms with E-state index in [1.807, 2.05) is 18.2 Å². The summed E-state index contributed by atoms with van der Waals surface area (Å²) in [4.78, 5) is 10.8. The molecule has 2 nitrogen and oxygen atoms in total. The molecule has 1 rings (SSSR count). The third-order valence-electron chi connectivity index (χ3n) is 2.23. The molecule has 16 heavy (non-hydrogen) atoms. The summed E-state index contributed by atoms with van der Waals surface area (Å²) in [5.41, 5.74) is 2.40. The van der Waals surface area contributed by atoms with Gasteiger partial charge in [-0.15, -0.1) is 0 Å². The molecule has 0 aliphatic heterocycles. The van der Waals surface area contributed by atoms with Crippen LogP contribution in [0.2, 0.25) is 0 Å². The van der Waals surface area contributed by atoms with Crippen LogP contribution in [-0.4, -0.2) is 12.6 Å². The Morgan fingerprint density at radius 2 is 2.00 bits per heavy atom. The van der Waals surface area contributed by atoms with Gasteiger partial charge in [0.1, 0.15) is 6.61 Å². The summed E-state index contributed by atoms with van der Waals surface area (Å²) in [5.74, 6) is -0.227. The van der Waals surface area contributed by atoms with Crippen molar-refractivity contribution in [2.24, 2.45) is 0 Å². The number of hydrogen-bond donors (Lipinski definition) is 0. The van der Waals surface area contributed by atoms with E-state index in [1.54, 1.807) is 0 Å². The second-order valence-corrected chi connectivity index (χ2v) is 3.71. The van der Waals surface area contributed by atoms with Gasteiger partial charge in [-0.05, 0) is 24.0 Å². The Bertz CT molecular complexity index is 352. The highest BCUT2D eigenvalue weighted by molar-refractivity contribution is 5.66. The van der Waals surface area contributed by atoms with Crippen molar-refractivity contribution >= 4 is 5.97 Å². The first-order valence-corrected chi connectivity index (χ1v) is 5.57. The van der Waals surface area contributed by atoms with E-state index in [1.165, 1.54) is 12.5 Å². The van der Waals surface area contributed by atoms with Crippen molar-refractivity contribution in [3.63, 3.8) is 0 Å². The van der Waals surface area contributed by atoms with Gasteiger partial charge in [-0.25, -0.2) is 0 Å². The minimum Gasteiger partial charge on any atom is -0.461 e. The average Bonchev–Trinajstić information content (AvgIpc) is 2.27. The summed E-state index contributed by atoms with van der Waals surface area (Å²) in [5, 5.41) is 0. The Balaban J connectivity index is 2.58. The molecule has 1 aromatic carbocycles. The number of carbonyl (C=O) groups excluding carboxylic acids is 1. The number of hydrogen-bond acceptors (Lipinski definition) is 2. The molecule has 0 fully saturated rings. The lowest BCUT2D eigenvalue weighted by Gasteiger charge is -2.07. The van der Waals surface area contributed by atoms with E-state index in [9.17, 15) is 4.79 Å². The van der Waals surface area contributed by atoms with Gasteiger partial charge in [0.2, 0.25) is 0 Å². The van der Waals surface area contributed by atoms with E-state index in [4.69, 9.17) is 4.74 Å². The molecule has 0 bridgehead atoms. The lowest BCUT2D eigenvalue weighted by molar-refractivity contribution is -0.140. The van der Waals surface area contributed by atoms with Crippen LogP contribution in [0, 0.1) is 0 Å². The third kappa shape index (κ3) is 4.78. The standard InChI is InChI=1S/C14H18O2/c1-3-7-14(11-16-12(2)15)10-13-8-5-4-6-9-13/h4-9H,3,10-11H2,1-2H3. The summed E-state index contributed by atoms with van der Waals surface area (Å²) in [6.07, 6.45) is 3.93. The van der Waals surface area contributed by atoms with Gasteiger partial charge in [0.15, 0.2) is 0 Å². The average molecular weight is 218 g/mol. The Hall–Kier alpha value is -1.57. The van der Waals surface area contributed by atoms with E-state index in [0.717, 1.165) is 18.4 Å². The first-order valence-electron chi connectivity index (χ1n) is 5.57. The number of benzene rings is 1. The Kier molecular flexibility index (Phi) is 5.34. The molecule has 0 atom stereocenters. The summed E-state index contributed by atoms with van der Waals surface area (Å²) in [6.45, 7) is 3.92. The van der Waals surface area contributed by atoms with Gasteiger partial charge < -0.3 is 4.74 Å². The fourth-order valence-electron chi connectivity index (χ4n) is 1.52. The van der Waals surface area contributed by atoms with E-state index < -0.39 is 0 Å². The SMILES string of the molecule is CCC=C(COC(C)=O)Cc1ccccc1. The first kappa shape index (κ1) is 12.5. The molecule has 0 saturated heterocycles. The van der Waals surface area contributed by atoms with Crippen molar-refractivity contribution in [1.82, 2.24) is 0 Å². The molecule has 0 spiro atoms. The highest BCUT2D eigenvalue weighted by Gasteiger charge is 2.01. The largest absolute Gasteiger partial charge is 0.461 e. The molecule has 0 heterocycles. The normalized spacial score (nSPS) is 11.2. The highest BCUT2D eigenvalue weighted by Crippen LogP contribution is 2.09. The number of carbonyl (C=O) groups is 1. The molecule has 0 aliphatic rings. The number of allylic oxidation sites excluding steroid dienone is 1. The van der Waals surface area contributed by atoms with E-state index in [-0.39, 0.29) is 5.97 Å². The van der Waals surface area contributed by atoms with Crippen molar-refractivity contribution < 1.29 is 9.53 Å². The van der Waals surface area contributed by atoms with Crippen LogP contribution in [-0.2, 0) is 16.0 Å². The predicted octanol–water partition coefficient (Wildman–Crippen LogP) is 3.13. The number of esters is 1. The molecular weight excluding hydrogens is 200 g/mol. The van der Waals surface area contributed by atoms with Gasteiger partial charge in [0.05, 0.1) is 0 Å². The van der Waals surface area contributed by atoms with Crippen LogP contribution >= 0.6 is 0 Å². The van der Waals surface area contributed by atoms with Crippen LogP contribution in [0.1, 0.15) is 25.8 Å². The van der Waals surface area contributed by atoms with E-state index in [0.29, 0.717) is 6.61 Å². The molecule has 0 aromatic heterocycles. The number of ether oxygens (including phenoxy) is 1.